The van der Waals surface area contributed by atoms with E-state index in [-0.39, 0.29) is 29.4 Å². The number of aromatic nitrogens is 2. The van der Waals surface area contributed by atoms with Crippen molar-refractivity contribution in [1.82, 2.24) is 20.0 Å². The number of rotatable bonds is 4. The highest BCUT2D eigenvalue weighted by atomic mass is 127. The number of aryl methyl sites for hydroxylation is 1. The highest BCUT2D eigenvalue weighted by Crippen LogP contribution is 2.43. The van der Waals surface area contributed by atoms with Gasteiger partial charge in [-0.3, -0.25) is 9.67 Å². The summed E-state index contributed by atoms with van der Waals surface area (Å²) in [6, 6.07) is 8.79. The molecule has 2 fully saturated rings. The standard InChI is InChI=1S/C21H28BrN5.HI/c1-23-20(27-10-7-16(14-27)17-12-25-26(2)13-17)24-15-21(8-4-9-21)18-5-3-6-19(22)11-18;/h3,5-6,11-13,16H,4,7-10,14-15H2,1-2H3,(H,23,24);1H. The summed E-state index contributed by atoms with van der Waals surface area (Å²) in [5.74, 6) is 1.57. The molecule has 0 amide bonds. The predicted molar refractivity (Wildman–Crippen MR) is 129 cm³/mol. The molecular formula is C21H29BrIN5. The molecule has 4 rings (SSSR count). The molecule has 28 heavy (non-hydrogen) atoms. The number of hydrogen-bond donors (Lipinski definition) is 1. The van der Waals surface area contributed by atoms with Crippen LogP contribution in [0.1, 0.15) is 42.7 Å². The molecule has 152 valence electrons. The van der Waals surface area contributed by atoms with Gasteiger partial charge in [-0.2, -0.15) is 5.10 Å². The molecule has 1 unspecified atom stereocenters. The van der Waals surface area contributed by atoms with Gasteiger partial charge in [0.1, 0.15) is 0 Å². The Morgan fingerprint density at radius 2 is 2.21 bits per heavy atom. The molecule has 2 aromatic rings. The third-order valence-electron chi connectivity index (χ3n) is 6.23. The van der Waals surface area contributed by atoms with Crippen LogP contribution in [0.5, 0.6) is 0 Å². The maximum atomic E-state index is 4.58. The van der Waals surface area contributed by atoms with Crippen LogP contribution in [-0.2, 0) is 12.5 Å². The molecule has 1 saturated heterocycles. The molecule has 5 nitrogen and oxygen atoms in total. The molecule has 2 aliphatic rings. The number of likely N-dealkylation sites (tertiary alicyclic amines) is 1. The van der Waals surface area contributed by atoms with Crippen molar-refractivity contribution in [3.8, 4) is 0 Å². The van der Waals surface area contributed by atoms with Gasteiger partial charge >= 0.3 is 0 Å². The second-order valence-corrected chi connectivity index (χ2v) is 8.84. The van der Waals surface area contributed by atoms with Gasteiger partial charge in [0, 0.05) is 55.7 Å². The number of aliphatic imine (C=N–C) groups is 1. The number of guanidine groups is 1. The van der Waals surface area contributed by atoms with Gasteiger partial charge in [0.25, 0.3) is 0 Å². The summed E-state index contributed by atoms with van der Waals surface area (Å²) in [6.07, 6.45) is 9.09. The zero-order valence-corrected chi connectivity index (χ0v) is 20.5. The Hall–Kier alpha value is -1.09. The maximum absolute atomic E-state index is 4.58. The SMILES string of the molecule is CN=C(NCC1(c2cccc(Br)c2)CCC1)N1CCC(c2cnn(C)c2)C1.I. The van der Waals surface area contributed by atoms with E-state index in [1.807, 2.05) is 25.0 Å². The number of nitrogens with zero attached hydrogens (tertiary/aromatic N) is 4. The quantitative estimate of drug-likeness (QED) is 0.346. The Bertz CT molecular complexity index is 830. The zero-order chi connectivity index (χ0) is 18.9. The molecule has 2 heterocycles. The van der Waals surface area contributed by atoms with E-state index in [9.17, 15) is 0 Å². The highest BCUT2D eigenvalue weighted by molar-refractivity contribution is 14.0. The lowest BCUT2D eigenvalue weighted by Crippen LogP contribution is -2.49. The molecule has 1 aromatic heterocycles. The molecule has 1 saturated carbocycles. The topological polar surface area (TPSA) is 45.5 Å². The first-order chi connectivity index (χ1) is 13.1. The number of hydrogen-bond acceptors (Lipinski definition) is 2. The molecule has 1 aliphatic heterocycles. The largest absolute Gasteiger partial charge is 0.355 e. The van der Waals surface area contributed by atoms with Gasteiger partial charge in [-0.1, -0.05) is 34.5 Å². The van der Waals surface area contributed by atoms with E-state index in [1.54, 1.807) is 0 Å². The zero-order valence-electron chi connectivity index (χ0n) is 16.6. The molecule has 1 aliphatic carbocycles. The summed E-state index contributed by atoms with van der Waals surface area (Å²) in [5, 5.41) is 8.02. The van der Waals surface area contributed by atoms with Crippen LogP contribution >= 0.6 is 39.9 Å². The number of halogens is 2. The second-order valence-electron chi connectivity index (χ2n) is 7.92. The third kappa shape index (κ3) is 4.40. The van der Waals surface area contributed by atoms with Gasteiger partial charge in [-0.15, -0.1) is 24.0 Å². The third-order valence-corrected chi connectivity index (χ3v) is 6.72. The molecule has 1 atom stereocenters. The fourth-order valence-electron chi connectivity index (χ4n) is 4.45. The van der Waals surface area contributed by atoms with Gasteiger partial charge in [0.2, 0.25) is 0 Å². The monoisotopic (exact) mass is 557 g/mol. The Balaban J connectivity index is 0.00000225. The fraction of sp³-hybridized carbons (Fsp3) is 0.524. The minimum absolute atomic E-state index is 0. The summed E-state index contributed by atoms with van der Waals surface area (Å²) < 4.78 is 3.05. The summed E-state index contributed by atoms with van der Waals surface area (Å²) in [5.41, 5.74) is 3.00. The Labute approximate surface area is 193 Å². The fourth-order valence-corrected chi connectivity index (χ4v) is 4.84. The molecule has 0 spiro atoms. The molecule has 0 bridgehead atoms. The average Bonchev–Trinajstić information content (AvgIpc) is 3.26. The van der Waals surface area contributed by atoms with Gasteiger partial charge in [-0.05, 0) is 42.5 Å². The van der Waals surface area contributed by atoms with Crippen molar-refractivity contribution >= 4 is 45.9 Å². The normalized spacial score (nSPS) is 21.2. The summed E-state index contributed by atoms with van der Waals surface area (Å²) in [7, 11) is 3.88. The summed E-state index contributed by atoms with van der Waals surface area (Å²) in [4.78, 5) is 6.97. The van der Waals surface area contributed by atoms with Crippen LogP contribution < -0.4 is 5.32 Å². The van der Waals surface area contributed by atoms with E-state index >= 15 is 0 Å². The van der Waals surface area contributed by atoms with E-state index in [2.05, 4.69) is 66.7 Å². The van der Waals surface area contributed by atoms with E-state index in [0.29, 0.717) is 5.92 Å². The number of nitrogens with one attached hydrogen (secondary N) is 1. The van der Waals surface area contributed by atoms with Crippen molar-refractivity contribution in [1.29, 1.82) is 0 Å². The molecular weight excluding hydrogens is 529 g/mol. The Morgan fingerprint density at radius 1 is 1.39 bits per heavy atom. The first-order valence-corrected chi connectivity index (χ1v) is 10.6. The van der Waals surface area contributed by atoms with Crippen molar-refractivity contribution in [2.24, 2.45) is 12.0 Å². The van der Waals surface area contributed by atoms with Gasteiger partial charge in [-0.25, -0.2) is 0 Å². The van der Waals surface area contributed by atoms with E-state index in [4.69, 9.17) is 0 Å². The van der Waals surface area contributed by atoms with Gasteiger partial charge < -0.3 is 10.2 Å². The second kappa shape index (κ2) is 9.15. The first kappa shape index (κ1) is 21.6. The summed E-state index contributed by atoms with van der Waals surface area (Å²) >= 11 is 3.63. The van der Waals surface area contributed by atoms with E-state index in [0.717, 1.165) is 36.5 Å². The Morgan fingerprint density at radius 3 is 2.82 bits per heavy atom. The van der Waals surface area contributed by atoms with Crippen LogP contribution in [0, 0.1) is 0 Å². The minimum Gasteiger partial charge on any atom is -0.355 e. The van der Waals surface area contributed by atoms with Crippen LogP contribution in [0.2, 0.25) is 0 Å². The van der Waals surface area contributed by atoms with Crippen molar-refractivity contribution in [3.05, 3.63) is 52.3 Å². The lowest BCUT2D eigenvalue weighted by molar-refractivity contribution is 0.241. The molecule has 1 aromatic carbocycles. The van der Waals surface area contributed by atoms with Crippen molar-refractivity contribution in [3.63, 3.8) is 0 Å². The van der Waals surface area contributed by atoms with Crippen LogP contribution in [0.4, 0.5) is 0 Å². The molecule has 7 heteroatoms. The predicted octanol–water partition coefficient (Wildman–Crippen LogP) is 4.29. The van der Waals surface area contributed by atoms with Gasteiger partial charge in [0.05, 0.1) is 6.20 Å². The number of benzene rings is 1. The summed E-state index contributed by atoms with van der Waals surface area (Å²) in [6.45, 7) is 3.00. The van der Waals surface area contributed by atoms with E-state index in [1.165, 1.54) is 30.4 Å². The minimum atomic E-state index is 0. The van der Waals surface area contributed by atoms with Crippen molar-refractivity contribution in [2.45, 2.75) is 37.0 Å². The van der Waals surface area contributed by atoms with Gasteiger partial charge in [0.15, 0.2) is 5.96 Å². The maximum Gasteiger partial charge on any atom is 0.193 e. The van der Waals surface area contributed by atoms with Crippen molar-refractivity contribution < 1.29 is 0 Å². The molecule has 0 radical (unpaired) electrons. The van der Waals surface area contributed by atoms with Crippen LogP contribution in [-0.4, -0.2) is 47.3 Å². The van der Waals surface area contributed by atoms with Crippen LogP contribution in [0.3, 0.4) is 0 Å². The van der Waals surface area contributed by atoms with E-state index < -0.39 is 0 Å². The highest BCUT2D eigenvalue weighted by Gasteiger charge is 2.39. The van der Waals surface area contributed by atoms with Crippen LogP contribution in [0.15, 0.2) is 46.1 Å². The lowest BCUT2D eigenvalue weighted by Gasteiger charge is -2.43. The van der Waals surface area contributed by atoms with Crippen LogP contribution in [0.25, 0.3) is 0 Å². The Kier molecular flexibility index (Phi) is 7.07. The average molecular weight is 558 g/mol. The van der Waals surface area contributed by atoms with Crippen molar-refractivity contribution in [2.75, 3.05) is 26.7 Å². The first-order valence-electron chi connectivity index (χ1n) is 9.80. The smallest absolute Gasteiger partial charge is 0.193 e. The molecule has 1 N–H and O–H groups in total. The lowest BCUT2D eigenvalue weighted by atomic mass is 9.64.